The summed E-state index contributed by atoms with van der Waals surface area (Å²) in [6.07, 6.45) is 7.55. The van der Waals surface area contributed by atoms with Gasteiger partial charge in [-0.05, 0) is 25.7 Å². The van der Waals surface area contributed by atoms with Crippen LogP contribution < -0.4 is 16.0 Å². The molecule has 0 aromatic rings. The molecule has 2 fully saturated rings. The molecule has 8 heteroatoms. The van der Waals surface area contributed by atoms with Crippen LogP contribution in [0, 0.1) is 5.92 Å². The largest absolute Gasteiger partial charge is 0.379 e. The second-order valence-electron chi connectivity index (χ2n) is 8.24. The van der Waals surface area contributed by atoms with E-state index in [0.29, 0.717) is 31.0 Å². The molecule has 7 nitrogen and oxygen atoms in total. The van der Waals surface area contributed by atoms with Gasteiger partial charge >= 0.3 is 0 Å². The first-order chi connectivity index (χ1) is 14.2. The summed E-state index contributed by atoms with van der Waals surface area (Å²) in [5.74, 6) is 1.59. The van der Waals surface area contributed by atoms with Crippen molar-refractivity contribution >= 4 is 35.8 Å². The first-order valence-electron chi connectivity index (χ1n) is 11.8. The van der Waals surface area contributed by atoms with E-state index < -0.39 is 0 Å². The summed E-state index contributed by atoms with van der Waals surface area (Å²) in [6.45, 7) is 12.4. The monoisotopic (exact) mass is 537 g/mol. The zero-order valence-electron chi connectivity index (χ0n) is 19.3. The van der Waals surface area contributed by atoms with Gasteiger partial charge in [0.1, 0.15) is 0 Å². The molecule has 1 unspecified atom stereocenters. The molecule has 1 heterocycles. The maximum atomic E-state index is 12.1. The molecule has 3 N–H and O–H groups in total. The molecule has 2 rings (SSSR count). The first kappa shape index (κ1) is 27.4. The van der Waals surface area contributed by atoms with Crippen LogP contribution in [0.2, 0.25) is 0 Å². The highest BCUT2D eigenvalue weighted by Crippen LogP contribution is 2.20. The number of morpholine rings is 1. The Labute approximate surface area is 200 Å². The van der Waals surface area contributed by atoms with Gasteiger partial charge in [-0.25, -0.2) is 0 Å². The molecule has 0 aromatic carbocycles. The summed E-state index contributed by atoms with van der Waals surface area (Å²) in [5, 5.41) is 9.82. The maximum Gasteiger partial charge on any atom is 0.221 e. The number of hydrogen-bond donors (Lipinski definition) is 3. The van der Waals surface area contributed by atoms with Gasteiger partial charge in [0, 0.05) is 44.7 Å². The third-order valence-corrected chi connectivity index (χ3v) is 6.25. The highest BCUT2D eigenvalue weighted by molar-refractivity contribution is 14.0. The summed E-state index contributed by atoms with van der Waals surface area (Å²) in [5.41, 5.74) is 0. The van der Waals surface area contributed by atoms with Gasteiger partial charge in [-0.3, -0.25) is 14.7 Å². The fraction of sp³-hybridized carbons (Fsp3) is 0.909. The van der Waals surface area contributed by atoms with Crippen molar-refractivity contribution in [1.29, 1.82) is 0 Å². The Morgan fingerprint density at radius 3 is 2.37 bits per heavy atom. The number of rotatable bonds is 11. The summed E-state index contributed by atoms with van der Waals surface area (Å²) in [7, 11) is 0. The minimum Gasteiger partial charge on any atom is -0.379 e. The molecule has 0 aromatic heterocycles. The van der Waals surface area contributed by atoms with E-state index in [4.69, 9.17) is 9.73 Å². The molecule has 1 aliphatic carbocycles. The van der Waals surface area contributed by atoms with Crippen molar-refractivity contribution in [2.24, 2.45) is 10.9 Å². The van der Waals surface area contributed by atoms with Crippen LogP contribution in [0.15, 0.2) is 4.99 Å². The van der Waals surface area contributed by atoms with Gasteiger partial charge < -0.3 is 20.7 Å². The average molecular weight is 538 g/mol. The Hall–Kier alpha value is -0.610. The lowest BCUT2D eigenvalue weighted by molar-refractivity contribution is -0.121. The predicted octanol–water partition coefficient (Wildman–Crippen LogP) is 2.75. The molecule has 1 saturated heterocycles. The summed E-state index contributed by atoms with van der Waals surface area (Å²) >= 11 is 0. The van der Waals surface area contributed by atoms with Gasteiger partial charge in [-0.1, -0.05) is 39.5 Å². The molecule has 1 amide bonds. The normalized spacial score (nSPS) is 19.4. The van der Waals surface area contributed by atoms with Crippen molar-refractivity contribution in [1.82, 2.24) is 20.9 Å². The lowest BCUT2D eigenvalue weighted by Crippen LogP contribution is -2.49. The lowest BCUT2D eigenvalue weighted by atomic mass is 9.92. The van der Waals surface area contributed by atoms with Crippen molar-refractivity contribution in [2.75, 3.05) is 45.9 Å². The van der Waals surface area contributed by atoms with Crippen molar-refractivity contribution in [3.05, 3.63) is 0 Å². The standard InChI is InChI=1S/C22H43N5O2.HI/c1-4-18(5-2)20(27-13-15-29-16-14-27)17-25-22(23-6-3)24-12-11-21(28)26-19-9-7-8-10-19;/h18-20H,4-17H2,1-3H3,(H,26,28)(H2,23,24,25);1H. The minimum atomic E-state index is 0. The molecular formula is C22H44IN5O2. The third-order valence-electron chi connectivity index (χ3n) is 6.25. The van der Waals surface area contributed by atoms with E-state index in [1.165, 1.54) is 25.7 Å². The second kappa shape index (κ2) is 16.1. The van der Waals surface area contributed by atoms with Crippen LogP contribution in [-0.2, 0) is 9.53 Å². The number of hydrogen-bond acceptors (Lipinski definition) is 4. The molecule has 176 valence electrons. The summed E-state index contributed by atoms with van der Waals surface area (Å²) in [4.78, 5) is 19.6. The topological polar surface area (TPSA) is 78.0 Å². The first-order valence-corrected chi connectivity index (χ1v) is 11.8. The van der Waals surface area contributed by atoms with Gasteiger partial charge in [0.2, 0.25) is 5.91 Å². The number of carbonyl (C=O) groups is 1. The van der Waals surface area contributed by atoms with Crippen LogP contribution in [-0.4, -0.2) is 74.8 Å². The van der Waals surface area contributed by atoms with Crippen molar-refractivity contribution in [2.45, 2.75) is 77.8 Å². The lowest BCUT2D eigenvalue weighted by Gasteiger charge is -2.38. The Balaban J connectivity index is 0.00000450. The number of ether oxygens (including phenoxy) is 1. The fourth-order valence-electron chi connectivity index (χ4n) is 4.50. The van der Waals surface area contributed by atoms with Crippen LogP contribution in [0.4, 0.5) is 0 Å². The molecule has 0 bridgehead atoms. The van der Waals surface area contributed by atoms with E-state index >= 15 is 0 Å². The zero-order valence-corrected chi connectivity index (χ0v) is 21.6. The average Bonchev–Trinajstić information content (AvgIpc) is 3.24. The molecule has 0 spiro atoms. The highest BCUT2D eigenvalue weighted by atomic mass is 127. The number of nitrogens with zero attached hydrogens (tertiary/aromatic N) is 2. The molecule has 2 aliphatic rings. The van der Waals surface area contributed by atoms with Crippen LogP contribution >= 0.6 is 24.0 Å². The van der Waals surface area contributed by atoms with Crippen LogP contribution in [0.1, 0.15) is 65.7 Å². The Bertz CT molecular complexity index is 490. The van der Waals surface area contributed by atoms with Gasteiger partial charge in [0.05, 0.1) is 19.8 Å². The van der Waals surface area contributed by atoms with E-state index in [0.717, 1.165) is 58.2 Å². The minimum absolute atomic E-state index is 0. The number of nitrogens with one attached hydrogen (secondary N) is 3. The molecule has 1 atom stereocenters. The van der Waals surface area contributed by atoms with E-state index in [-0.39, 0.29) is 29.9 Å². The summed E-state index contributed by atoms with van der Waals surface area (Å²) < 4.78 is 5.54. The van der Waals surface area contributed by atoms with E-state index in [1.807, 2.05) is 0 Å². The quantitative estimate of drug-likeness (QED) is 0.215. The van der Waals surface area contributed by atoms with Crippen LogP contribution in [0.3, 0.4) is 0 Å². The maximum absolute atomic E-state index is 12.1. The Kier molecular flexibility index (Phi) is 14.7. The van der Waals surface area contributed by atoms with Gasteiger partial charge in [-0.15, -0.1) is 24.0 Å². The molecule has 30 heavy (non-hydrogen) atoms. The SMILES string of the molecule is CCNC(=NCC(C(CC)CC)N1CCOCC1)NCCC(=O)NC1CCCC1.I. The smallest absolute Gasteiger partial charge is 0.221 e. The van der Waals surface area contributed by atoms with Crippen molar-refractivity contribution in [3.8, 4) is 0 Å². The van der Waals surface area contributed by atoms with Crippen LogP contribution in [0.25, 0.3) is 0 Å². The fourth-order valence-corrected chi connectivity index (χ4v) is 4.50. The van der Waals surface area contributed by atoms with Crippen molar-refractivity contribution < 1.29 is 9.53 Å². The van der Waals surface area contributed by atoms with E-state index in [9.17, 15) is 4.79 Å². The second-order valence-corrected chi connectivity index (χ2v) is 8.24. The third kappa shape index (κ3) is 9.68. The van der Waals surface area contributed by atoms with Gasteiger partial charge in [-0.2, -0.15) is 0 Å². The summed E-state index contributed by atoms with van der Waals surface area (Å²) in [6, 6.07) is 0.828. The molecule has 1 aliphatic heterocycles. The molecule has 1 saturated carbocycles. The number of guanidine groups is 1. The highest BCUT2D eigenvalue weighted by Gasteiger charge is 2.26. The van der Waals surface area contributed by atoms with Crippen LogP contribution in [0.5, 0.6) is 0 Å². The number of aliphatic imine (C=N–C) groups is 1. The molecular weight excluding hydrogens is 493 g/mol. The van der Waals surface area contributed by atoms with E-state index in [1.54, 1.807) is 0 Å². The van der Waals surface area contributed by atoms with Crippen molar-refractivity contribution in [3.63, 3.8) is 0 Å². The zero-order chi connectivity index (χ0) is 20.9. The molecule has 0 radical (unpaired) electrons. The Morgan fingerprint density at radius 1 is 1.10 bits per heavy atom. The number of halogens is 1. The predicted molar refractivity (Wildman–Crippen MR) is 135 cm³/mol. The number of carbonyl (C=O) groups excluding carboxylic acids is 1. The van der Waals surface area contributed by atoms with E-state index in [2.05, 4.69) is 41.6 Å². The Morgan fingerprint density at radius 2 is 1.77 bits per heavy atom. The van der Waals surface area contributed by atoms with Gasteiger partial charge in [0.25, 0.3) is 0 Å². The number of amides is 1. The van der Waals surface area contributed by atoms with Gasteiger partial charge in [0.15, 0.2) is 5.96 Å².